The summed E-state index contributed by atoms with van der Waals surface area (Å²) in [4.78, 5) is 20.2. The van der Waals surface area contributed by atoms with Crippen molar-refractivity contribution in [2.24, 2.45) is 5.41 Å². The topological polar surface area (TPSA) is 35.5 Å². The lowest BCUT2D eigenvalue weighted by Gasteiger charge is -2.33. The highest BCUT2D eigenvalue weighted by Crippen LogP contribution is 2.42. The van der Waals surface area contributed by atoms with Gasteiger partial charge in [0.15, 0.2) is 0 Å². The Balaban J connectivity index is 3.10. The lowest BCUT2D eigenvalue weighted by molar-refractivity contribution is -0.210. The van der Waals surface area contributed by atoms with Gasteiger partial charge in [-0.25, -0.2) is 4.79 Å². The van der Waals surface area contributed by atoms with Crippen LogP contribution in [0.5, 0.6) is 5.75 Å². The molecule has 21 heavy (non-hydrogen) atoms. The molecule has 0 aliphatic rings. The van der Waals surface area contributed by atoms with Crippen molar-refractivity contribution in [1.82, 2.24) is 0 Å². The van der Waals surface area contributed by atoms with Crippen LogP contribution < -0.4 is 4.89 Å². The van der Waals surface area contributed by atoms with Gasteiger partial charge in [0, 0.05) is 6.92 Å². The summed E-state index contributed by atoms with van der Waals surface area (Å²) in [6.45, 7) is 12.1. The Kier molecular flexibility index (Phi) is 5.57. The standard InChI is InChI=1S/C16H22Cl2O3/c1-10(19)20-21-14-12(17)7-11(8-13(14)18)16(5,6)9-15(2,3)4/h7-8H,9H2,1-6H3. The van der Waals surface area contributed by atoms with E-state index >= 15 is 0 Å². The van der Waals surface area contributed by atoms with Crippen LogP contribution in [0, 0.1) is 5.41 Å². The van der Waals surface area contributed by atoms with E-state index in [1.165, 1.54) is 6.92 Å². The second kappa shape index (κ2) is 6.45. The smallest absolute Gasteiger partial charge is 0.284 e. The normalized spacial score (nSPS) is 12.2. The number of halogens is 2. The quantitative estimate of drug-likeness (QED) is 0.534. The lowest BCUT2D eigenvalue weighted by atomic mass is 9.72. The van der Waals surface area contributed by atoms with Gasteiger partial charge in [-0.1, -0.05) is 57.8 Å². The molecule has 0 aliphatic heterocycles. The molecule has 1 aromatic rings. The lowest BCUT2D eigenvalue weighted by Crippen LogP contribution is -2.24. The molecule has 0 fully saturated rings. The maximum absolute atomic E-state index is 10.8. The minimum absolute atomic E-state index is 0.0918. The van der Waals surface area contributed by atoms with Crippen molar-refractivity contribution in [3.8, 4) is 5.75 Å². The zero-order chi connectivity index (χ0) is 16.4. The molecule has 0 heterocycles. The molecule has 0 atom stereocenters. The summed E-state index contributed by atoms with van der Waals surface area (Å²) in [6.07, 6.45) is 0.969. The second-order valence-corrected chi connectivity index (χ2v) is 7.86. The fraction of sp³-hybridized carbons (Fsp3) is 0.562. The minimum Gasteiger partial charge on any atom is -0.284 e. The first-order chi connectivity index (χ1) is 9.42. The average molecular weight is 333 g/mol. The number of rotatable bonds is 4. The Morgan fingerprint density at radius 3 is 1.95 bits per heavy atom. The highest BCUT2D eigenvalue weighted by atomic mass is 35.5. The second-order valence-electron chi connectivity index (χ2n) is 7.05. The predicted molar refractivity (Wildman–Crippen MR) is 86.0 cm³/mol. The van der Waals surface area contributed by atoms with Gasteiger partial charge >= 0.3 is 5.97 Å². The fourth-order valence-corrected chi connectivity index (χ4v) is 3.11. The van der Waals surface area contributed by atoms with Crippen molar-refractivity contribution < 1.29 is 14.6 Å². The predicted octanol–water partition coefficient (Wildman–Crippen LogP) is 5.56. The summed E-state index contributed by atoms with van der Waals surface area (Å²) in [6, 6.07) is 3.61. The van der Waals surface area contributed by atoms with Crippen molar-refractivity contribution in [2.45, 2.75) is 53.4 Å². The third kappa shape index (κ3) is 5.40. The van der Waals surface area contributed by atoms with Crippen molar-refractivity contribution >= 4 is 29.2 Å². The van der Waals surface area contributed by atoms with Crippen molar-refractivity contribution in [3.05, 3.63) is 27.7 Å². The number of benzene rings is 1. The minimum atomic E-state index is -0.570. The van der Waals surface area contributed by atoms with E-state index in [0.29, 0.717) is 10.0 Å². The summed E-state index contributed by atoms with van der Waals surface area (Å²) >= 11 is 12.4. The van der Waals surface area contributed by atoms with Crippen LogP contribution in [0.2, 0.25) is 10.0 Å². The van der Waals surface area contributed by atoms with E-state index in [2.05, 4.69) is 39.5 Å². The van der Waals surface area contributed by atoms with Gasteiger partial charge in [0.2, 0.25) is 5.75 Å². The van der Waals surface area contributed by atoms with Crippen LogP contribution in [0.1, 0.15) is 53.5 Å². The first-order valence-electron chi connectivity index (χ1n) is 6.77. The number of carbonyl (C=O) groups excluding carboxylic acids is 1. The zero-order valence-corrected chi connectivity index (χ0v) is 14.9. The van der Waals surface area contributed by atoms with Crippen LogP contribution in [0.15, 0.2) is 12.1 Å². The molecule has 0 radical (unpaired) electrons. The molecule has 0 aliphatic carbocycles. The molecule has 0 spiro atoms. The molecule has 0 unspecified atom stereocenters. The Morgan fingerprint density at radius 1 is 1.10 bits per heavy atom. The molecular weight excluding hydrogens is 311 g/mol. The highest BCUT2D eigenvalue weighted by molar-refractivity contribution is 6.37. The van der Waals surface area contributed by atoms with E-state index < -0.39 is 5.97 Å². The van der Waals surface area contributed by atoms with Gasteiger partial charge in [-0.05, 0) is 34.9 Å². The van der Waals surface area contributed by atoms with Gasteiger partial charge < -0.3 is 0 Å². The van der Waals surface area contributed by atoms with Gasteiger partial charge in [-0.2, -0.15) is 0 Å². The van der Waals surface area contributed by atoms with Crippen LogP contribution in [0.4, 0.5) is 0 Å². The first kappa shape index (κ1) is 18.1. The molecule has 0 amide bonds. The summed E-state index contributed by atoms with van der Waals surface area (Å²) in [5, 5.41) is 0.640. The maximum atomic E-state index is 10.8. The molecular formula is C16H22Cl2O3. The Hall–Kier alpha value is -0.930. The van der Waals surface area contributed by atoms with Crippen molar-refractivity contribution in [3.63, 3.8) is 0 Å². The van der Waals surface area contributed by atoms with Crippen LogP contribution in [-0.4, -0.2) is 5.97 Å². The monoisotopic (exact) mass is 332 g/mol. The summed E-state index contributed by atoms with van der Waals surface area (Å²) in [7, 11) is 0. The van der Waals surface area contributed by atoms with Crippen LogP contribution in [-0.2, 0) is 15.1 Å². The molecule has 1 aromatic carbocycles. The van der Waals surface area contributed by atoms with Gasteiger partial charge in [-0.15, -0.1) is 0 Å². The molecule has 1 rings (SSSR count). The Morgan fingerprint density at radius 2 is 1.57 bits per heavy atom. The largest absolute Gasteiger partial charge is 0.352 e. The van der Waals surface area contributed by atoms with E-state index in [0.717, 1.165) is 12.0 Å². The van der Waals surface area contributed by atoms with E-state index in [4.69, 9.17) is 28.1 Å². The van der Waals surface area contributed by atoms with E-state index in [-0.39, 0.29) is 16.6 Å². The molecule has 0 saturated heterocycles. The fourth-order valence-electron chi connectivity index (χ4n) is 2.56. The Bertz CT molecular complexity index is 508. The summed E-state index contributed by atoms with van der Waals surface area (Å²) < 4.78 is 0. The van der Waals surface area contributed by atoms with Gasteiger partial charge in [-0.3, -0.25) is 9.78 Å². The molecule has 118 valence electrons. The SMILES string of the molecule is CC(=O)OOc1c(Cl)cc(C(C)(C)CC(C)(C)C)cc1Cl. The van der Waals surface area contributed by atoms with Crippen LogP contribution >= 0.6 is 23.2 Å². The molecule has 5 heteroatoms. The number of carbonyl (C=O) groups is 1. The third-order valence-electron chi connectivity index (χ3n) is 2.99. The van der Waals surface area contributed by atoms with Crippen molar-refractivity contribution in [1.29, 1.82) is 0 Å². The highest BCUT2D eigenvalue weighted by Gasteiger charge is 2.29. The Labute approximate surface area is 136 Å². The van der Waals surface area contributed by atoms with Gasteiger partial charge in [0.05, 0.1) is 10.0 Å². The molecule has 0 N–H and O–H groups in total. The van der Waals surface area contributed by atoms with E-state index in [9.17, 15) is 4.79 Å². The number of hydrogen-bond acceptors (Lipinski definition) is 3. The molecule has 3 nitrogen and oxygen atoms in total. The number of hydrogen-bond donors (Lipinski definition) is 0. The summed E-state index contributed by atoms with van der Waals surface area (Å²) in [5.74, 6) is -0.414. The van der Waals surface area contributed by atoms with Crippen LogP contribution in [0.25, 0.3) is 0 Å². The molecule has 0 aromatic heterocycles. The first-order valence-corrected chi connectivity index (χ1v) is 7.52. The molecule has 0 bridgehead atoms. The molecule has 0 saturated carbocycles. The van der Waals surface area contributed by atoms with E-state index in [1.807, 2.05) is 0 Å². The zero-order valence-electron chi connectivity index (χ0n) is 13.3. The third-order valence-corrected chi connectivity index (χ3v) is 3.56. The van der Waals surface area contributed by atoms with Gasteiger partial charge in [0.25, 0.3) is 0 Å². The van der Waals surface area contributed by atoms with Crippen molar-refractivity contribution in [2.75, 3.05) is 0 Å². The van der Waals surface area contributed by atoms with Crippen LogP contribution in [0.3, 0.4) is 0 Å². The van der Waals surface area contributed by atoms with E-state index in [1.54, 1.807) is 12.1 Å². The summed E-state index contributed by atoms with van der Waals surface area (Å²) in [5.41, 5.74) is 1.10. The maximum Gasteiger partial charge on any atom is 0.352 e. The average Bonchev–Trinajstić information content (AvgIpc) is 2.23. The van der Waals surface area contributed by atoms with Gasteiger partial charge in [0.1, 0.15) is 0 Å².